The number of rotatable bonds is 15. The molecule has 0 radical (unpaired) electrons. The number of carbonyl (C=O) groups excluding carboxylic acids is 4. The van der Waals surface area contributed by atoms with E-state index in [1.165, 1.54) is 11.3 Å². The van der Waals surface area contributed by atoms with Crippen LogP contribution in [0.25, 0.3) is 0 Å². The van der Waals surface area contributed by atoms with Crippen molar-refractivity contribution in [2.75, 3.05) is 19.6 Å². The third-order valence-corrected chi connectivity index (χ3v) is 7.05. The molecule has 2 rings (SSSR count). The van der Waals surface area contributed by atoms with Gasteiger partial charge in [-0.15, -0.1) is 0 Å². The van der Waals surface area contributed by atoms with E-state index in [0.29, 0.717) is 51.1 Å². The van der Waals surface area contributed by atoms with Gasteiger partial charge in [0.15, 0.2) is 0 Å². The Hall–Kier alpha value is -2.53. The van der Waals surface area contributed by atoms with Crippen LogP contribution < -0.4 is 16.4 Å². The minimum Gasteiger partial charge on any atom is -0.480 e. The van der Waals surface area contributed by atoms with Gasteiger partial charge in [-0.25, -0.2) is 4.79 Å². The van der Waals surface area contributed by atoms with Gasteiger partial charge < -0.3 is 25.8 Å². The Morgan fingerprint density at radius 3 is 2.32 bits per heavy atom. The van der Waals surface area contributed by atoms with Gasteiger partial charge in [0, 0.05) is 6.54 Å². The second-order valence-electron chi connectivity index (χ2n) is 10.4. The largest absolute Gasteiger partial charge is 0.480 e. The highest BCUT2D eigenvalue weighted by atomic mass is 16.5. The molecule has 1 aliphatic carbocycles. The summed E-state index contributed by atoms with van der Waals surface area (Å²) in [6.45, 7) is 3.72. The van der Waals surface area contributed by atoms with Crippen LogP contribution in [0, 0.1) is 5.92 Å². The molecule has 2 aliphatic rings. The maximum absolute atomic E-state index is 13.5. The molecule has 5 N–H and O–H groups in total. The summed E-state index contributed by atoms with van der Waals surface area (Å²) in [5.41, 5.74) is 5.56. The van der Waals surface area contributed by atoms with Crippen LogP contribution in [0.15, 0.2) is 0 Å². The number of nitrogens with two attached hydrogens (primary N) is 1. The van der Waals surface area contributed by atoms with E-state index in [-0.39, 0.29) is 18.9 Å². The van der Waals surface area contributed by atoms with Gasteiger partial charge in [0.2, 0.25) is 11.8 Å². The summed E-state index contributed by atoms with van der Waals surface area (Å²) in [4.78, 5) is 64.5. The van der Waals surface area contributed by atoms with Crippen LogP contribution in [-0.4, -0.2) is 83.4 Å². The normalized spacial score (nSPS) is 19.9. The average Bonchev–Trinajstić information content (AvgIpc) is 3.35. The Bertz CT molecular complexity index is 798. The van der Waals surface area contributed by atoms with Gasteiger partial charge in [-0.05, 0) is 64.8 Å². The molecule has 1 aliphatic heterocycles. The highest BCUT2D eigenvalue weighted by molar-refractivity contribution is 6.36. The van der Waals surface area contributed by atoms with Crippen LogP contribution in [0.5, 0.6) is 0 Å². The van der Waals surface area contributed by atoms with Crippen LogP contribution in [0.2, 0.25) is 0 Å². The molecule has 2 fully saturated rings. The average molecular weight is 525 g/mol. The number of esters is 1. The fourth-order valence-corrected chi connectivity index (χ4v) is 5.19. The molecule has 1 saturated carbocycles. The highest BCUT2D eigenvalue weighted by Crippen LogP contribution is 2.29. The number of ketones is 1. The van der Waals surface area contributed by atoms with E-state index in [4.69, 9.17) is 15.6 Å². The molecule has 3 atom stereocenters. The molecular weight excluding hydrogens is 480 g/mol. The smallest absolute Gasteiger partial charge is 0.377 e. The van der Waals surface area contributed by atoms with Crippen LogP contribution in [0.3, 0.4) is 0 Å². The Balaban J connectivity index is 2.12. The number of unbranched alkanes of at least 4 members (excludes halogenated alkanes) is 1. The van der Waals surface area contributed by atoms with E-state index < -0.39 is 47.9 Å². The number of ether oxygens (including phenoxy) is 1. The lowest BCUT2D eigenvalue weighted by Gasteiger charge is -2.32. The van der Waals surface area contributed by atoms with Crippen LogP contribution in [0.1, 0.15) is 84.5 Å². The Morgan fingerprint density at radius 2 is 1.70 bits per heavy atom. The summed E-state index contributed by atoms with van der Waals surface area (Å²) in [6, 6.07) is -2.56. The summed E-state index contributed by atoms with van der Waals surface area (Å²) >= 11 is 0. The van der Waals surface area contributed by atoms with Crippen molar-refractivity contribution in [3.63, 3.8) is 0 Å². The maximum Gasteiger partial charge on any atom is 0.377 e. The van der Waals surface area contributed by atoms with Crippen molar-refractivity contribution in [1.29, 1.82) is 0 Å². The van der Waals surface area contributed by atoms with Crippen LogP contribution in [0.4, 0.5) is 0 Å². The maximum atomic E-state index is 13.5. The predicted molar refractivity (Wildman–Crippen MR) is 136 cm³/mol. The molecule has 0 bridgehead atoms. The molecule has 0 unspecified atom stereocenters. The van der Waals surface area contributed by atoms with Gasteiger partial charge in [-0.2, -0.15) is 0 Å². The summed E-state index contributed by atoms with van der Waals surface area (Å²) < 4.78 is 5.03. The Labute approximate surface area is 219 Å². The minimum absolute atomic E-state index is 0.236. The predicted octanol–water partition coefficient (Wildman–Crippen LogP) is 1.13. The number of aliphatic carboxylic acids is 1. The van der Waals surface area contributed by atoms with Crippen molar-refractivity contribution in [3.05, 3.63) is 0 Å². The number of Topliss-reactive ketones (excluding diaryl/α,β-unsaturated/α-hetero) is 1. The van der Waals surface area contributed by atoms with Crippen molar-refractivity contribution in [1.82, 2.24) is 15.5 Å². The van der Waals surface area contributed by atoms with E-state index in [1.807, 2.05) is 0 Å². The molecule has 0 aromatic carbocycles. The van der Waals surface area contributed by atoms with Crippen molar-refractivity contribution < 1.29 is 33.8 Å². The molecule has 210 valence electrons. The Morgan fingerprint density at radius 1 is 1.00 bits per heavy atom. The van der Waals surface area contributed by atoms with Gasteiger partial charge in [-0.1, -0.05) is 32.1 Å². The van der Waals surface area contributed by atoms with E-state index >= 15 is 0 Å². The molecule has 0 aromatic heterocycles. The third kappa shape index (κ3) is 10.0. The molecule has 0 aromatic rings. The van der Waals surface area contributed by atoms with Gasteiger partial charge >= 0.3 is 11.9 Å². The van der Waals surface area contributed by atoms with Crippen molar-refractivity contribution in [2.45, 2.75) is 109 Å². The zero-order valence-corrected chi connectivity index (χ0v) is 22.2. The number of hydrogen-bond donors (Lipinski definition) is 4. The molecule has 11 heteroatoms. The zero-order valence-electron chi connectivity index (χ0n) is 22.2. The minimum atomic E-state index is -1.06. The van der Waals surface area contributed by atoms with Crippen molar-refractivity contribution in [2.24, 2.45) is 11.7 Å². The van der Waals surface area contributed by atoms with Crippen LogP contribution in [-0.2, 0) is 28.7 Å². The van der Waals surface area contributed by atoms with Gasteiger partial charge in [0.25, 0.3) is 5.78 Å². The van der Waals surface area contributed by atoms with E-state index in [0.717, 1.165) is 25.7 Å². The number of amides is 2. The van der Waals surface area contributed by atoms with Gasteiger partial charge in [0.05, 0.1) is 24.7 Å². The first-order valence-electron chi connectivity index (χ1n) is 13.6. The highest BCUT2D eigenvalue weighted by Gasteiger charge is 2.39. The number of hydrogen-bond acceptors (Lipinski definition) is 8. The number of nitrogens with zero attached hydrogens (tertiary/aromatic N) is 1. The molecule has 11 nitrogen and oxygen atoms in total. The first-order chi connectivity index (χ1) is 17.6. The summed E-state index contributed by atoms with van der Waals surface area (Å²) in [7, 11) is 0. The van der Waals surface area contributed by atoms with E-state index in [1.54, 1.807) is 13.8 Å². The second-order valence-corrected chi connectivity index (χ2v) is 10.4. The number of carbonyl (C=O) groups is 5. The summed E-state index contributed by atoms with van der Waals surface area (Å²) in [6.07, 6.45) is 7.86. The van der Waals surface area contributed by atoms with E-state index in [9.17, 15) is 24.0 Å². The lowest BCUT2D eigenvalue weighted by atomic mass is 9.84. The molecule has 37 heavy (non-hydrogen) atoms. The van der Waals surface area contributed by atoms with Crippen molar-refractivity contribution >= 4 is 29.5 Å². The van der Waals surface area contributed by atoms with E-state index in [2.05, 4.69) is 10.6 Å². The lowest BCUT2D eigenvalue weighted by molar-refractivity contribution is -0.158. The van der Waals surface area contributed by atoms with Crippen molar-refractivity contribution in [3.8, 4) is 0 Å². The SMILES string of the molecule is CC(C)OC(=O)C(=O)[C@H](CCCCN)NC(=O)[C@@H]1CCCN1C(=O)[C@@H](CC1CCCCC1)NCC(=O)O. The zero-order chi connectivity index (χ0) is 27.4. The molecular formula is C26H44N4O7. The standard InChI is InChI=1S/C26H44N4O7/c1-17(2)37-26(36)23(33)19(11-6-7-13-27)29-24(34)21-12-8-14-30(21)25(35)20(28-16-22(31)32)15-18-9-4-3-5-10-18/h17-21,28H,3-16,27H2,1-2H3,(H,29,34)(H,31,32)/t19-,20+,21-/m0/s1. The topological polar surface area (TPSA) is 168 Å². The number of nitrogens with one attached hydrogen (secondary N) is 2. The fraction of sp³-hybridized carbons (Fsp3) is 0.808. The molecule has 1 heterocycles. The summed E-state index contributed by atoms with van der Waals surface area (Å²) in [5.74, 6) is -3.34. The summed E-state index contributed by atoms with van der Waals surface area (Å²) in [5, 5.41) is 14.7. The molecule has 1 saturated heterocycles. The second kappa shape index (κ2) is 15.7. The fourth-order valence-electron chi connectivity index (χ4n) is 5.19. The van der Waals surface area contributed by atoms with Crippen LogP contribution >= 0.6 is 0 Å². The third-order valence-electron chi connectivity index (χ3n) is 7.05. The molecule has 0 spiro atoms. The number of carboxylic acid groups (broad SMARTS) is 1. The number of likely N-dealkylation sites (tertiary alicyclic amines) is 1. The Kier molecular flexibility index (Phi) is 13.0. The first kappa shape index (κ1) is 30.7. The first-order valence-corrected chi connectivity index (χ1v) is 13.6. The lowest BCUT2D eigenvalue weighted by Crippen LogP contribution is -2.56. The quantitative estimate of drug-likeness (QED) is 0.139. The van der Waals surface area contributed by atoms with Gasteiger partial charge in [-0.3, -0.25) is 24.5 Å². The molecule has 2 amide bonds. The number of carboxylic acids is 1. The monoisotopic (exact) mass is 524 g/mol. The van der Waals surface area contributed by atoms with Gasteiger partial charge in [0.1, 0.15) is 6.04 Å².